The monoisotopic (exact) mass is 1230 g/mol. The fraction of sp³-hybridized carbons (Fsp3) is 0.214. The number of nitrogens with two attached hydrogens (primary N) is 1. The number of phenolic OH excluding ortho intramolecular Hbond substituents is 1. The maximum Gasteiger partial charge on any atom is 0.295 e. The smallest absolute Gasteiger partial charge is 0.295 e. The van der Waals surface area contributed by atoms with E-state index in [1.54, 1.807) is 42.5 Å². The van der Waals surface area contributed by atoms with Gasteiger partial charge in [0.25, 0.3) is 20.2 Å². The van der Waals surface area contributed by atoms with E-state index in [0.29, 0.717) is 45.3 Å². The maximum absolute atomic E-state index is 13.5. The zero-order valence-electron chi connectivity index (χ0n) is 47.3. The fourth-order valence-corrected chi connectivity index (χ4v) is 11.4. The molecule has 24 nitrogen and oxygen atoms in total. The molecule has 84 heavy (non-hydrogen) atoms. The summed E-state index contributed by atoms with van der Waals surface area (Å²) in [7, 11) is -8.07. The van der Waals surface area contributed by atoms with Crippen molar-refractivity contribution < 1.29 is 57.5 Å². The maximum atomic E-state index is 13.5. The number of rotatable bonds is 13. The number of anilines is 8. The Hall–Kier alpha value is -8.80. The summed E-state index contributed by atoms with van der Waals surface area (Å²) in [5.74, 6) is -0.789. The molecule has 9 rings (SSSR count). The van der Waals surface area contributed by atoms with Crippen LogP contribution in [0.2, 0.25) is 0 Å². The second-order valence-electron chi connectivity index (χ2n) is 19.3. The molecule has 7 aromatic carbocycles. The molecule has 0 aromatic heterocycles. The summed E-state index contributed by atoms with van der Waals surface area (Å²) in [4.78, 5) is 44.7. The van der Waals surface area contributed by atoms with Gasteiger partial charge in [-0.3, -0.25) is 32.9 Å². The second-order valence-corrected chi connectivity index (χ2v) is 25.6. The number of aromatic nitrogens is 2. The van der Waals surface area contributed by atoms with Gasteiger partial charge in [0.15, 0.2) is 0 Å². The van der Waals surface area contributed by atoms with Gasteiger partial charge in [-0.05, 0) is 86.6 Å². The molecule has 1 heterocycles. The van der Waals surface area contributed by atoms with Gasteiger partial charge in [-0.25, -0.2) is 21.8 Å². The molecule has 2 amide bonds. The average molecular weight is 1230 g/mol. The zero-order valence-corrected chi connectivity index (χ0v) is 50.6. The van der Waals surface area contributed by atoms with Gasteiger partial charge in [0.05, 0.1) is 63.4 Å². The number of hydrogen-bond acceptors (Lipinski definition) is 17. The van der Waals surface area contributed by atoms with Crippen molar-refractivity contribution in [1.29, 1.82) is 0 Å². The van der Waals surface area contributed by atoms with Crippen LogP contribution in [-0.2, 0) is 56.4 Å². The Morgan fingerprint density at radius 1 is 0.595 bits per heavy atom. The lowest BCUT2D eigenvalue weighted by Gasteiger charge is -2.24. The van der Waals surface area contributed by atoms with Crippen LogP contribution in [0, 0.1) is 0 Å². The molecule has 0 spiro atoms. The molecule has 7 aromatic rings. The molecule has 0 bridgehead atoms. The van der Waals surface area contributed by atoms with Crippen molar-refractivity contribution in [2.45, 2.75) is 44.0 Å². The van der Waals surface area contributed by atoms with E-state index in [1.165, 1.54) is 44.2 Å². The van der Waals surface area contributed by atoms with Crippen LogP contribution in [-0.4, -0.2) is 116 Å². The van der Waals surface area contributed by atoms with Gasteiger partial charge in [-0.15, -0.1) is 0 Å². The highest BCUT2D eigenvalue weighted by Gasteiger charge is 2.27. The summed E-state index contributed by atoms with van der Waals surface area (Å²) in [6.07, 6.45) is 2.10. The second kappa shape index (κ2) is 25.8. The number of nitrogen functional groups attached to an aromatic ring is 1. The van der Waals surface area contributed by atoms with Crippen molar-refractivity contribution in [2.75, 3.05) is 88.2 Å². The summed E-state index contributed by atoms with van der Waals surface area (Å²) in [5.41, 5.74) is 12.7. The van der Waals surface area contributed by atoms with Gasteiger partial charge in [-0.1, -0.05) is 48.5 Å². The van der Waals surface area contributed by atoms with E-state index in [9.17, 15) is 53.2 Å². The minimum Gasteiger partial charge on any atom is -0.505 e. The number of aryl methyl sites for hydroxylation is 1. The minimum absolute atomic E-state index is 0.0233. The van der Waals surface area contributed by atoms with Crippen LogP contribution < -0.4 is 46.4 Å². The number of sulfonamides is 2. The van der Waals surface area contributed by atoms with E-state index in [4.69, 9.17) is 19.8 Å². The standard InChI is InChI=1S/C23H25N5O4S.C13H14N2O4S.C10H17N3.C10H8O6S2/c1-6-28-18-12-14(27(3)4)10-11-16(18)25-20-19-15(8-7-9-17(19)26-33(5,31)32)23(30)21(22(20)28)24-13(2)29;1-8(16)14-12-7-6-9-10(13(12)17)4-3-5-11(9)15-20(2,18)19;1-4-12-10-7-8(13(2)3)5-6-9(10)11;11-17(12,13)9-5-1-3-7-8(9)4-2-6-10(7)18(14,15)16/h7-12,26H,6H2,1-5H3,(H,24,29);3-7,15,17H,1-2H3,(H,14,16);5-7,12H,4,11H2,1-3H3;1-6H,(H,11,12,13)(H,14,15,16). The van der Waals surface area contributed by atoms with E-state index < -0.39 is 55.5 Å². The largest absolute Gasteiger partial charge is 0.505 e. The predicted octanol–water partition coefficient (Wildman–Crippen LogP) is 8.05. The van der Waals surface area contributed by atoms with Crippen LogP contribution in [0.15, 0.2) is 136 Å². The first-order valence-corrected chi connectivity index (χ1v) is 31.9. The van der Waals surface area contributed by atoms with E-state index in [0.717, 1.165) is 59.5 Å². The highest BCUT2D eigenvalue weighted by molar-refractivity contribution is 7.92. The lowest BCUT2D eigenvalue weighted by atomic mass is 9.99. The van der Waals surface area contributed by atoms with Gasteiger partial charge >= 0.3 is 0 Å². The average Bonchev–Trinajstić information content (AvgIpc) is 2.86. The first-order chi connectivity index (χ1) is 39.1. The Bertz CT molecular complexity index is 4450. The Morgan fingerprint density at radius 2 is 1.10 bits per heavy atom. The number of nitrogens with zero attached hydrogens (tertiary/aromatic N) is 4. The van der Waals surface area contributed by atoms with E-state index in [1.807, 2.05) is 74.9 Å². The van der Waals surface area contributed by atoms with Crippen LogP contribution >= 0.6 is 0 Å². The molecule has 1 aliphatic carbocycles. The molecule has 0 radical (unpaired) electrons. The molecule has 0 saturated carbocycles. The number of fused-ring (bicyclic) bond motifs is 6. The molecule has 0 atom stereocenters. The van der Waals surface area contributed by atoms with Crippen molar-refractivity contribution in [3.05, 3.63) is 132 Å². The number of hydrogen-bond donors (Lipinski definition) is 9. The third-order valence-electron chi connectivity index (χ3n) is 12.4. The lowest BCUT2D eigenvalue weighted by molar-refractivity contribution is -0.115. The summed E-state index contributed by atoms with van der Waals surface area (Å²) >= 11 is 0. The number of nitrogens with one attached hydrogen (secondary N) is 5. The molecule has 446 valence electrons. The van der Waals surface area contributed by atoms with Crippen molar-refractivity contribution >= 4 is 141 Å². The molecule has 2 aliphatic rings. The quantitative estimate of drug-likeness (QED) is 0.0173. The van der Waals surface area contributed by atoms with Gasteiger partial charge < -0.3 is 41.2 Å². The normalized spacial score (nSPS) is 11.6. The Balaban J connectivity index is 0.000000191. The number of aromatic hydroxyl groups is 1. The SMILES string of the molecule is CC(=O)Nc1ccc2c(NS(C)(=O)=O)cccc2c1O.CCNc1cc(N(C)C)ccc1N.CCn1c2c(NC(C)=O)c(=O)c3cccc(NS(C)(=O)=O)c3c-2nc2ccc(N(C)C)cc21.O=S(=O)(O)c1cccc2c(S(=O)(=O)O)cccc12. The van der Waals surface area contributed by atoms with Gasteiger partial charge in [0.1, 0.15) is 21.2 Å². The first kappa shape index (κ1) is 64.4. The number of carbonyl (C=O) groups excluding carboxylic acids is 2. The topological polar surface area (TPSA) is 359 Å². The van der Waals surface area contributed by atoms with Crippen LogP contribution in [0.1, 0.15) is 27.7 Å². The van der Waals surface area contributed by atoms with E-state index >= 15 is 0 Å². The van der Waals surface area contributed by atoms with Gasteiger partial charge in [0, 0.05) is 98.8 Å². The van der Waals surface area contributed by atoms with Crippen LogP contribution in [0.3, 0.4) is 0 Å². The number of carbonyl (C=O) groups is 2. The third-order valence-corrected chi connectivity index (χ3v) is 15.4. The molecule has 0 saturated heterocycles. The Morgan fingerprint density at radius 3 is 1.61 bits per heavy atom. The number of phenols is 1. The van der Waals surface area contributed by atoms with Crippen molar-refractivity contribution in [3.63, 3.8) is 0 Å². The Labute approximate surface area is 486 Å². The zero-order chi connectivity index (χ0) is 62.4. The molecule has 1 aliphatic heterocycles. The van der Waals surface area contributed by atoms with Crippen molar-refractivity contribution in [1.82, 2.24) is 9.55 Å². The van der Waals surface area contributed by atoms with Crippen LogP contribution in [0.25, 0.3) is 54.7 Å². The Kier molecular flexibility index (Phi) is 19.8. The predicted molar refractivity (Wildman–Crippen MR) is 334 cm³/mol. The highest BCUT2D eigenvalue weighted by atomic mass is 32.2. The molecular weight excluding hydrogens is 1160 g/mol. The summed E-state index contributed by atoms with van der Waals surface area (Å²) < 4.78 is 116. The number of benzene rings is 8. The minimum atomic E-state index is -4.47. The molecule has 10 N–H and O–H groups in total. The first-order valence-electron chi connectivity index (χ1n) is 25.3. The lowest BCUT2D eigenvalue weighted by Crippen LogP contribution is -2.22. The van der Waals surface area contributed by atoms with Gasteiger partial charge in [-0.2, -0.15) is 16.8 Å². The van der Waals surface area contributed by atoms with E-state index in [2.05, 4.69) is 43.3 Å². The van der Waals surface area contributed by atoms with Gasteiger partial charge in [0.2, 0.25) is 37.3 Å². The number of amides is 2. The van der Waals surface area contributed by atoms with Crippen molar-refractivity contribution in [2.24, 2.45) is 0 Å². The molecule has 28 heteroatoms. The molecule has 0 fully saturated rings. The summed E-state index contributed by atoms with van der Waals surface area (Å²) in [6, 6.07) is 32.1. The summed E-state index contributed by atoms with van der Waals surface area (Å²) in [5, 5.41) is 20.2. The van der Waals surface area contributed by atoms with Crippen LogP contribution in [0.5, 0.6) is 5.75 Å². The van der Waals surface area contributed by atoms with Crippen LogP contribution in [0.4, 0.5) is 45.5 Å². The van der Waals surface area contributed by atoms with Crippen molar-refractivity contribution in [3.8, 4) is 17.1 Å². The highest BCUT2D eigenvalue weighted by Crippen LogP contribution is 2.40. The summed E-state index contributed by atoms with van der Waals surface area (Å²) in [6.45, 7) is 8.06. The van der Waals surface area contributed by atoms with E-state index in [-0.39, 0.29) is 50.8 Å². The third kappa shape index (κ3) is 15.4. The molecular formula is C56H64N10O14S4. The fourth-order valence-electron chi connectivity index (χ4n) is 8.88. The molecule has 0 unspecified atom stereocenters.